The van der Waals surface area contributed by atoms with Crippen molar-refractivity contribution >= 4 is 52.9 Å². The first-order valence-electron chi connectivity index (χ1n) is 11.4. The fourth-order valence-electron chi connectivity index (χ4n) is 3.06. The van der Waals surface area contributed by atoms with E-state index in [1.54, 1.807) is 6.07 Å². The van der Waals surface area contributed by atoms with Crippen LogP contribution in [0.15, 0.2) is 53.5 Å². The third-order valence-corrected chi connectivity index (χ3v) is 5.57. The predicted molar refractivity (Wildman–Crippen MR) is 143 cm³/mol. The molecule has 218 valence electrons. The fourth-order valence-corrected chi connectivity index (χ4v) is 3.63. The molecule has 0 unspecified atom stereocenters. The van der Waals surface area contributed by atoms with E-state index in [4.69, 9.17) is 50.3 Å². The van der Waals surface area contributed by atoms with Gasteiger partial charge in [-0.15, -0.1) is 0 Å². The van der Waals surface area contributed by atoms with Gasteiger partial charge >= 0.3 is 12.1 Å². The van der Waals surface area contributed by atoms with Crippen LogP contribution in [0.2, 0.25) is 10.0 Å². The molecule has 2 atom stereocenters. The monoisotopic (exact) mass is 606 g/mol. The number of nitrogens with two attached hydrogens (primary N) is 3. The molecule has 0 radical (unpaired) electrons. The van der Waals surface area contributed by atoms with Crippen LogP contribution in [0.3, 0.4) is 0 Å². The molecule has 0 fully saturated rings. The van der Waals surface area contributed by atoms with Crippen LogP contribution in [0.4, 0.5) is 13.2 Å². The molecule has 2 aromatic rings. The van der Waals surface area contributed by atoms with Crippen molar-refractivity contribution in [3.8, 4) is 0 Å². The summed E-state index contributed by atoms with van der Waals surface area (Å²) < 4.78 is 31.7. The number of nitrogens with zero attached hydrogens (tertiary/aromatic N) is 1. The number of alkyl halides is 3. The second-order valence-corrected chi connectivity index (χ2v) is 8.84. The lowest BCUT2D eigenvalue weighted by Gasteiger charge is -2.22. The second-order valence-electron chi connectivity index (χ2n) is 8.03. The molecule has 2 rings (SSSR count). The van der Waals surface area contributed by atoms with Crippen LogP contribution < -0.4 is 27.8 Å². The number of benzene rings is 2. The highest BCUT2D eigenvalue weighted by Crippen LogP contribution is 2.24. The number of rotatable bonds is 11. The first-order valence-corrected chi connectivity index (χ1v) is 12.1. The molecular formula is C24H27Cl2F3N6O5. The number of hydrogen-bond donors (Lipinski definition) is 6. The lowest BCUT2D eigenvalue weighted by Crippen LogP contribution is -2.53. The zero-order chi connectivity index (χ0) is 30.5. The van der Waals surface area contributed by atoms with E-state index in [9.17, 15) is 27.6 Å². The highest BCUT2D eigenvalue weighted by molar-refractivity contribution is 6.39. The molecule has 0 heterocycles. The van der Waals surface area contributed by atoms with Crippen molar-refractivity contribution in [3.63, 3.8) is 0 Å². The van der Waals surface area contributed by atoms with Gasteiger partial charge in [0.05, 0.1) is 15.6 Å². The number of carbonyl (C=O) groups is 4. The van der Waals surface area contributed by atoms with Crippen molar-refractivity contribution in [1.82, 2.24) is 10.6 Å². The molecule has 40 heavy (non-hydrogen) atoms. The minimum atomic E-state index is -5.08. The van der Waals surface area contributed by atoms with E-state index in [0.717, 1.165) is 5.56 Å². The van der Waals surface area contributed by atoms with E-state index in [-0.39, 0.29) is 41.0 Å². The number of primary amides is 1. The minimum absolute atomic E-state index is 0.0404. The van der Waals surface area contributed by atoms with Crippen molar-refractivity contribution in [2.45, 2.75) is 37.5 Å². The van der Waals surface area contributed by atoms with Crippen molar-refractivity contribution in [1.29, 1.82) is 0 Å². The Labute approximate surface area is 236 Å². The SMILES string of the molecule is NC(=O)[C@H](Cc1ccccc1)NC(=O)[C@H](CCCN=C(N)N)NC(=O)c1c(Cl)cccc1Cl.O=C(O)C(F)(F)F. The van der Waals surface area contributed by atoms with Crippen LogP contribution >= 0.6 is 23.2 Å². The van der Waals surface area contributed by atoms with Crippen LogP contribution in [0.5, 0.6) is 0 Å². The molecule has 0 aliphatic rings. The van der Waals surface area contributed by atoms with Gasteiger partial charge in [0.15, 0.2) is 5.96 Å². The van der Waals surface area contributed by atoms with E-state index >= 15 is 0 Å². The smallest absolute Gasteiger partial charge is 0.475 e. The molecule has 0 aromatic heterocycles. The van der Waals surface area contributed by atoms with Gasteiger partial charge in [-0.05, 0) is 30.5 Å². The maximum atomic E-state index is 13.0. The quantitative estimate of drug-likeness (QED) is 0.127. The summed E-state index contributed by atoms with van der Waals surface area (Å²) in [5.41, 5.74) is 17.0. The maximum Gasteiger partial charge on any atom is 0.490 e. The van der Waals surface area contributed by atoms with Crippen LogP contribution in [0, 0.1) is 0 Å². The second kappa shape index (κ2) is 16.2. The Kier molecular flexibility index (Phi) is 13.7. The fraction of sp³-hybridized carbons (Fsp3) is 0.292. The van der Waals surface area contributed by atoms with Crippen molar-refractivity contribution < 1.29 is 37.5 Å². The number of carbonyl (C=O) groups excluding carboxylic acids is 3. The topological polar surface area (TPSA) is 203 Å². The van der Waals surface area contributed by atoms with Gasteiger partial charge in [0, 0.05) is 13.0 Å². The summed E-state index contributed by atoms with van der Waals surface area (Å²) >= 11 is 12.2. The largest absolute Gasteiger partial charge is 0.490 e. The Bertz CT molecular complexity index is 1190. The number of halogens is 5. The molecule has 0 spiro atoms. The number of hydrogen-bond acceptors (Lipinski definition) is 5. The zero-order valence-corrected chi connectivity index (χ0v) is 22.3. The van der Waals surface area contributed by atoms with Gasteiger partial charge < -0.3 is 32.9 Å². The Morgan fingerprint density at radius 2 is 1.45 bits per heavy atom. The zero-order valence-electron chi connectivity index (χ0n) is 20.8. The van der Waals surface area contributed by atoms with Gasteiger partial charge in [-0.2, -0.15) is 13.2 Å². The standard InChI is InChI=1S/C22H26Cl2N6O3.C2HF3O2/c23-14-8-4-9-15(24)18(14)21(33)29-16(10-5-11-28-22(26)27)20(32)30-17(19(25)31)12-13-6-2-1-3-7-13;3-2(4,5)1(6)7/h1-4,6-9,16-17H,5,10-12H2,(H2,25,31)(H,29,33)(H,30,32)(H4,26,27,28);(H,6,7)/t16-,17-;/m0./s1. The van der Waals surface area contributed by atoms with Crippen LogP contribution in [-0.2, 0) is 20.8 Å². The Balaban J connectivity index is 0.00000101. The number of aliphatic carboxylic acids is 1. The third kappa shape index (κ3) is 12.2. The van der Waals surface area contributed by atoms with E-state index in [2.05, 4.69) is 15.6 Å². The maximum absolute atomic E-state index is 13.0. The van der Waals surface area contributed by atoms with E-state index in [0.29, 0.717) is 6.42 Å². The molecule has 11 nitrogen and oxygen atoms in total. The van der Waals surface area contributed by atoms with E-state index in [1.165, 1.54) is 12.1 Å². The summed E-state index contributed by atoms with van der Waals surface area (Å²) in [7, 11) is 0. The molecule has 16 heteroatoms. The normalized spacial score (nSPS) is 12.1. The predicted octanol–water partition coefficient (Wildman–Crippen LogP) is 1.99. The summed E-state index contributed by atoms with van der Waals surface area (Å²) in [5.74, 6) is -4.76. The average molecular weight is 607 g/mol. The van der Waals surface area contributed by atoms with Crippen molar-refractivity contribution in [3.05, 3.63) is 69.7 Å². The summed E-state index contributed by atoms with van der Waals surface area (Å²) in [4.78, 5) is 50.6. The summed E-state index contributed by atoms with van der Waals surface area (Å²) in [6.07, 6.45) is -4.31. The summed E-state index contributed by atoms with van der Waals surface area (Å²) in [6.45, 7) is 0.248. The molecule has 0 bridgehead atoms. The Morgan fingerprint density at radius 3 is 1.93 bits per heavy atom. The van der Waals surface area contributed by atoms with Crippen molar-refractivity contribution in [2.24, 2.45) is 22.2 Å². The molecule has 0 aliphatic heterocycles. The first-order chi connectivity index (χ1) is 18.6. The van der Waals surface area contributed by atoms with Gasteiger partial charge in [-0.3, -0.25) is 19.4 Å². The lowest BCUT2D eigenvalue weighted by molar-refractivity contribution is -0.192. The number of carboxylic acid groups (broad SMARTS) is 1. The molecule has 0 saturated heterocycles. The summed E-state index contributed by atoms with van der Waals surface area (Å²) in [5, 5.41) is 12.6. The number of aliphatic imine (C=N–C) groups is 1. The number of nitrogens with one attached hydrogen (secondary N) is 2. The Hall–Kier alpha value is -4.04. The molecule has 3 amide bonds. The highest BCUT2D eigenvalue weighted by atomic mass is 35.5. The molecule has 0 aliphatic carbocycles. The number of guanidine groups is 1. The molecule has 2 aromatic carbocycles. The van der Waals surface area contributed by atoms with Crippen LogP contribution in [-0.4, -0.2) is 59.6 Å². The Morgan fingerprint density at radius 1 is 0.900 bits per heavy atom. The third-order valence-electron chi connectivity index (χ3n) is 4.94. The average Bonchev–Trinajstić information content (AvgIpc) is 2.85. The van der Waals surface area contributed by atoms with Gasteiger partial charge in [0.1, 0.15) is 12.1 Å². The van der Waals surface area contributed by atoms with Gasteiger partial charge in [-0.25, -0.2) is 4.79 Å². The van der Waals surface area contributed by atoms with E-state index < -0.39 is 42.0 Å². The minimum Gasteiger partial charge on any atom is -0.475 e. The number of carboxylic acids is 1. The van der Waals surface area contributed by atoms with Crippen LogP contribution in [0.25, 0.3) is 0 Å². The van der Waals surface area contributed by atoms with Crippen molar-refractivity contribution in [2.75, 3.05) is 6.54 Å². The molecule has 0 saturated carbocycles. The highest BCUT2D eigenvalue weighted by Gasteiger charge is 2.38. The lowest BCUT2D eigenvalue weighted by atomic mass is 10.0. The molecular weight excluding hydrogens is 580 g/mol. The van der Waals surface area contributed by atoms with Gasteiger partial charge in [0.2, 0.25) is 11.8 Å². The summed E-state index contributed by atoms with van der Waals surface area (Å²) in [6, 6.07) is 11.7. The van der Waals surface area contributed by atoms with E-state index in [1.807, 2.05) is 30.3 Å². The van der Waals surface area contributed by atoms with Gasteiger partial charge in [0.25, 0.3) is 5.91 Å². The van der Waals surface area contributed by atoms with Crippen LogP contribution in [0.1, 0.15) is 28.8 Å². The molecule has 9 N–H and O–H groups in total. The van der Waals surface area contributed by atoms with Gasteiger partial charge in [-0.1, -0.05) is 59.6 Å². The number of amides is 3. The first kappa shape index (κ1) is 34.0.